The van der Waals surface area contributed by atoms with Crippen LogP contribution in [-0.2, 0) is 4.74 Å². The quantitative estimate of drug-likeness (QED) is 0.623. The molecule has 0 saturated heterocycles. The van der Waals surface area contributed by atoms with Gasteiger partial charge in [0.15, 0.2) is 0 Å². The van der Waals surface area contributed by atoms with E-state index < -0.39 is 0 Å². The van der Waals surface area contributed by atoms with Crippen molar-refractivity contribution < 1.29 is 4.74 Å². The van der Waals surface area contributed by atoms with Gasteiger partial charge in [0.05, 0.1) is 12.0 Å². The fourth-order valence-corrected chi connectivity index (χ4v) is 1.01. The van der Waals surface area contributed by atoms with Crippen molar-refractivity contribution >= 4 is 5.57 Å². The number of nitrogens with zero attached hydrogens (tertiary/aromatic N) is 2. The molecular weight excluding hydrogens is 152 g/mol. The van der Waals surface area contributed by atoms with Crippen LogP contribution in [0.25, 0.3) is 5.57 Å². The predicted octanol–water partition coefficient (Wildman–Crippen LogP) is 1.40. The van der Waals surface area contributed by atoms with Crippen molar-refractivity contribution in [3.8, 4) is 0 Å². The van der Waals surface area contributed by atoms with Crippen molar-refractivity contribution in [1.82, 2.24) is 10.2 Å². The Kier molecular flexibility index (Phi) is 1.86. The molecule has 0 spiro atoms. The Labute approximate surface area is 70.4 Å². The van der Waals surface area contributed by atoms with Crippen LogP contribution in [0.1, 0.15) is 5.69 Å². The van der Waals surface area contributed by atoms with E-state index in [-0.39, 0.29) is 0 Å². The van der Waals surface area contributed by atoms with Gasteiger partial charge in [0, 0.05) is 11.8 Å². The molecule has 0 amide bonds. The van der Waals surface area contributed by atoms with E-state index in [0.29, 0.717) is 6.61 Å². The molecule has 1 aliphatic heterocycles. The minimum absolute atomic E-state index is 0.643. The Hall–Kier alpha value is -1.64. The summed E-state index contributed by atoms with van der Waals surface area (Å²) in [5.74, 6) is 0. The number of hydrogen-bond acceptors (Lipinski definition) is 3. The molecule has 0 unspecified atom stereocenters. The molecule has 0 bridgehead atoms. The summed E-state index contributed by atoms with van der Waals surface area (Å²) in [4.78, 5) is 0. The van der Waals surface area contributed by atoms with Crippen LogP contribution >= 0.6 is 0 Å². The summed E-state index contributed by atoms with van der Waals surface area (Å²) in [5.41, 5.74) is 1.81. The molecule has 60 valence electrons. The second-order valence-electron chi connectivity index (χ2n) is 2.42. The molecule has 0 saturated carbocycles. The van der Waals surface area contributed by atoms with Gasteiger partial charge in [0.25, 0.3) is 0 Å². The van der Waals surface area contributed by atoms with Crippen LogP contribution < -0.4 is 0 Å². The van der Waals surface area contributed by atoms with Gasteiger partial charge >= 0.3 is 0 Å². The molecule has 1 aliphatic rings. The van der Waals surface area contributed by atoms with Crippen LogP contribution in [0.3, 0.4) is 0 Å². The van der Waals surface area contributed by atoms with Gasteiger partial charge < -0.3 is 4.74 Å². The average molecular weight is 160 g/mol. The van der Waals surface area contributed by atoms with Crippen LogP contribution in [0, 0.1) is 0 Å². The van der Waals surface area contributed by atoms with E-state index in [1.165, 1.54) is 0 Å². The first-order valence-corrected chi connectivity index (χ1v) is 3.73. The SMILES string of the molecule is C1=CC(c2cccnn2)=COC1. The lowest BCUT2D eigenvalue weighted by Crippen LogP contribution is -1.94. The van der Waals surface area contributed by atoms with Crippen molar-refractivity contribution in [1.29, 1.82) is 0 Å². The first kappa shape index (κ1) is 7.03. The zero-order valence-corrected chi connectivity index (χ0v) is 6.47. The molecule has 0 radical (unpaired) electrons. The van der Waals surface area contributed by atoms with Gasteiger partial charge in [-0.2, -0.15) is 10.2 Å². The van der Waals surface area contributed by atoms with Crippen molar-refractivity contribution in [3.63, 3.8) is 0 Å². The summed E-state index contributed by atoms with van der Waals surface area (Å²) in [5, 5.41) is 7.73. The van der Waals surface area contributed by atoms with E-state index in [9.17, 15) is 0 Å². The van der Waals surface area contributed by atoms with E-state index >= 15 is 0 Å². The Morgan fingerprint density at radius 2 is 2.42 bits per heavy atom. The summed E-state index contributed by atoms with van der Waals surface area (Å²) >= 11 is 0. The van der Waals surface area contributed by atoms with E-state index in [4.69, 9.17) is 4.74 Å². The highest BCUT2D eigenvalue weighted by atomic mass is 16.5. The number of aromatic nitrogens is 2. The molecule has 0 atom stereocenters. The van der Waals surface area contributed by atoms with Gasteiger partial charge in [0.2, 0.25) is 0 Å². The van der Waals surface area contributed by atoms with Crippen molar-refractivity contribution in [2.24, 2.45) is 0 Å². The Morgan fingerprint density at radius 3 is 3.08 bits per heavy atom. The zero-order chi connectivity index (χ0) is 8.23. The topological polar surface area (TPSA) is 35.0 Å². The van der Waals surface area contributed by atoms with Gasteiger partial charge in [-0.25, -0.2) is 0 Å². The maximum atomic E-state index is 5.12. The predicted molar refractivity (Wildman–Crippen MR) is 45.1 cm³/mol. The zero-order valence-electron chi connectivity index (χ0n) is 6.47. The average Bonchev–Trinajstić information content (AvgIpc) is 2.21. The molecule has 12 heavy (non-hydrogen) atoms. The molecule has 0 aliphatic carbocycles. The second kappa shape index (κ2) is 3.17. The monoisotopic (exact) mass is 160 g/mol. The van der Waals surface area contributed by atoms with Gasteiger partial charge in [-0.05, 0) is 18.2 Å². The third-order valence-corrected chi connectivity index (χ3v) is 1.57. The smallest absolute Gasteiger partial charge is 0.106 e. The third-order valence-electron chi connectivity index (χ3n) is 1.57. The fraction of sp³-hybridized carbons (Fsp3) is 0.111. The normalized spacial score (nSPS) is 15.2. The molecule has 0 N–H and O–H groups in total. The van der Waals surface area contributed by atoms with Gasteiger partial charge in [-0.15, -0.1) is 0 Å². The van der Waals surface area contributed by atoms with Gasteiger partial charge in [0.1, 0.15) is 6.61 Å². The number of allylic oxidation sites excluding steroid dienone is 2. The van der Waals surface area contributed by atoms with Gasteiger partial charge in [-0.1, -0.05) is 6.08 Å². The van der Waals surface area contributed by atoms with E-state index in [1.54, 1.807) is 12.5 Å². The molecule has 1 aromatic heterocycles. The third kappa shape index (κ3) is 1.34. The summed E-state index contributed by atoms with van der Waals surface area (Å²) < 4.78 is 5.12. The van der Waals surface area contributed by atoms with Crippen LogP contribution in [0.15, 0.2) is 36.7 Å². The van der Waals surface area contributed by atoms with Crippen LogP contribution in [0.2, 0.25) is 0 Å². The number of ether oxygens (including phenoxy) is 1. The Morgan fingerprint density at radius 1 is 1.42 bits per heavy atom. The van der Waals surface area contributed by atoms with Crippen molar-refractivity contribution in [2.75, 3.05) is 6.61 Å². The van der Waals surface area contributed by atoms with Crippen LogP contribution in [0.4, 0.5) is 0 Å². The lowest BCUT2D eigenvalue weighted by atomic mass is 10.2. The number of hydrogen-bond donors (Lipinski definition) is 0. The van der Waals surface area contributed by atoms with E-state index in [0.717, 1.165) is 11.3 Å². The summed E-state index contributed by atoms with van der Waals surface area (Å²) in [6.45, 7) is 0.643. The fourth-order valence-electron chi connectivity index (χ4n) is 1.01. The minimum Gasteiger partial charge on any atom is -0.496 e. The molecule has 3 nitrogen and oxygen atoms in total. The Bertz CT molecular complexity index is 317. The summed E-state index contributed by atoms with van der Waals surface area (Å²) in [6.07, 6.45) is 7.28. The highest BCUT2D eigenvalue weighted by Gasteiger charge is 2.01. The summed E-state index contributed by atoms with van der Waals surface area (Å²) in [6, 6.07) is 3.75. The van der Waals surface area contributed by atoms with Crippen LogP contribution in [0.5, 0.6) is 0 Å². The molecule has 0 fully saturated rings. The lowest BCUT2D eigenvalue weighted by molar-refractivity contribution is 0.288. The highest BCUT2D eigenvalue weighted by molar-refractivity contribution is 5.70. The minimum atomic E-state index is 0.643. The largest absolute Gasteiger partial charge is 0.496 e. The maximum Gasteiger partial charge on any atom is 0.106 e. The molecule has 2 rings (SSSR count). The molecular formula is C9H8N2O. The standard InChI is InChI=1S/C9H8N2O/c1-4-9(11-10-5-1)8-3-2-6-12-7-8/h1-5,7H,6H2. The van der Waals surface area contributed by atoms with Crippen molar-refractivity contribution in [2.45, 2.75) is 0 Å². The maximum absolute atomic E-state index is 5.12. The van der Waals surface area contributed by atoms with Crippen LogP contribution in [-0.4, -0.2) is 16.8 Å². The van der Waals surface area contributed by atoms with E-state index in [2.05, 4.69) is 10.2 Å². The first-order chi connectivity index (χ1) is 5.97. The highest BCUT2D eigenvalue weighted by Crippen LogP contribution is 2.14. The molecule has 3 heteroatoms. The van der Waals surface area contributed by atoms with E-state index in [1.807, 2.05) is 24.3 Å². The van der Waals surface area contributed by atoms with Crippen molar-refractivity contribution in [3.05, 3.63) is 42.4 Å². The van der Waals surface area contributed by atoms with Gasteiger partial charge in [-0.3, -0.25) is 0 Å². The summed E-state index contributed by atoms with van der Waals surface area (Å²) in [7, 11) is 0. The molecule has 0 aromatic carbocycles. The second-order valence-corrected chi connectivity index (χ2v) is 2.42. The molecule has 1 aromatic rings. The first-order valence-electron chi connectivity index (χ1n) is 3.73. The lowest BCUT2D eigenvalue weighted by Gasteiger charge is -2.05. The number of rotatable bonds is 1. The molecule has 2 heterocycles. The Balaban J connectivity index is 2.31.